The number of hydrogen-bond acceptors (Lipinski definition) is 4. The van der Waals surface area contributed by atoms with E-state index in [1.54, 1.807) is 23.5 Å². The number of rotatable bonds is 3. The van der Waals surface area contributed by atoms with E-state index in [1.807, 2.05) is 18.2 Å². The highest BCUT2D eigenvalue weighted by molar-refractivity contribution is 7.22. The predicted molar refractivity (Wildman–Crippen MR) is 122 cm³/mol. The van der Waals surface area contributed by atoms with Gasteiger partial charge in [-0.25, -0.2) is 4.39 Å². The van der Waals surface area contributed by atoms with Crippen molar-refractivity contribution in [2.45, 2.75) is 50.5 Å². The molecule has 0 spiro atoms. The van der Waals surface area contributed by atoms with E-state index in [2.05, 4.69) is 4.90 Å². The molecule has 2 atom stereocenters. The van der Waals surface area contributed by atoms with E-state index in [4.69, 9.17) is 5.73 Å². The van der Waals surface area contributed by atoms with Crippen molar-refractivity contribution >= 4 is 32.2 Å². The van der Waals surface area contributed by atoms with Crippen LogP contribution in [-0.4, -0.2) is 29.8 Å². The van der Waals surface area contributed by atoms with Crippen LogP contribution in [0, 0.1) is 5.82 Å². The molecule has 2 fully saturated rings. The Labute approximate surface area is 180 Å². The summed E-state index contributed by atoms with van der Waals surface area (Å²) in [5.74, 6) is 0.0331. The van der Waals surface area contributed by atoms with Gasteiger partial charge in [-0.15, -0.1) is 11.3 Å². The molecule has 3 nitrogen and oxygen atoms in total. The van der Waals surface area contributed by atoms with Gasteiger partial charge in [-0.05, 0) is 105 Å². The minimum atomic E-state index is -0.334. The molecule has 3 heterocycles. The van der Waals surface area contributed by atoms with Crippen molar-refractivity contribution in [1.29, 1.82) is 0 Å². The first-order chi connectivity index (χ1) is 14.6. The highest BCUT2D eigenvalue weighted by Gasteiger charge is 2.30. The minimum absolute atomic E-state index is 0.0781. The topological polar surface area (TPSA) is 46.3 Å². The average molecular weight is 423 g/mol. The zero-order valence-corrected chi connectivity index (χ0v) is 17.9. The Bertz CT molecular complexity index is 1060. The molecular weight excluding hydrogens is 395 g/mol. The van der Waals surface area contributed by atoms with E-state index in [0.717, 1.165) is 40.5 Å². The number of anilines is 1. The molecular formula is C25H27FN2OS. The molecule has 5 heteroatoms. The van der Waals surface area contributed by atoms with Crippen molar-refractivity contribution in [2.75, 3.05) is 18.8 Å². The number of thiophene rings is 1. The molecule has 0 amide bonds. The SMILES string of the molecule is Nc1sc2ccc(C(=O)c3ccc(F)cc3)cc2c1C1CCC2CCCCN2CC1. The number of carbonyl (C=O) groups excluding carboxylic acids is 1. The molecule has 2 aliphatic heterocycles. The van der Waals surface area contributed by atoms with E-state index in [0.29, 0.717) is 17.0 Å². The lowest BCUT2D eigenvalue weighted by Gasteiger charge is -2.33. The summed E-state index contributed by atoms with van der Waals surface area (Å²) in [5, 5.41) is 2.01. The van der Waals surface area contributed by atoms with E-state index in [-0.39, 0.29) is 11.6 Å². The molecule has 0 aliphatic carbocycles. The van der Waals surface area contributed by atoms with Crippen LogP contribution < -0.4 is 5.73 Å². The quantitative estimate of drug-likeness (QED) is 0.529. The Balaban J connectivity index is 1.48. The first kappa shape index (κ1) is 19.7. The van der Waals surface area contributed by atoms with Crippen LogP contribution in [0.2, 0.25) is 0 Å². The second kappa shape index (κ2) is 8.12. The van der Waals surface area contributed by atoms with Gasteiger partial charge in [0.1, 0.15) is 5.82 Å². The molecule has 0 saturated carbocycles. The van der Waals surface area contributed by atoms with Gasteiger partial charge >= 0.3 is 0 Å². The van der Waals surface area contributed by atoms with Crippen LogP contribution >= 0.6 is 11.3 Å². The second-order valence-electron chi connectivity index (χ2n) is 8.68. The summed E-state index contributed by atoms with van der Waals surface area (Å²) in [6.07, 6.45) is 7.51. The van der Waals surface area contributed by atoms with Crippen molar-refractivity contribution < 1.29 is 9.18 Å². The molecule has 2 saturated heterocycles. The highest BCUT2D eigenvalue weighted by Crippen LogP contribution is 2.44. The second-order valence-corrected chi connectivity index (χ2v) is 9.76. The molecule has 0 bridgehead atoms. The number of carbonyl (C=O) groups is 1. The van der Waals surface area contributed by atoms with Crippen molar-refractivity contribution in [2.24, 2.45) is 0 Å². The fourth-order valence-corrected chi connectivity index (χ4v) is 6.33. The van der Waals surface area contributed by atoms with Gasteiger partial charge in [-0.1, -0.05) is 6.42 Å². The van der Waals surface area contributed by atoms with Crippen molar-refractivity contribution in [3.8, 4) is 0 Å². The lowest BCUT2D eigenvalue weighted by atomic mass is 9.89. The molecule has 3 aromatic rings. The Hall–Kier alpha value is -2.24. The van der Waals surface area contributed by atoms with Gasteiger partial charge in [0, 0.05) is 21.9 Å². The smallest absolute Gasteiger partial charge is 0.193 e. The molecule has 5 rings (SSSR count). The number of ketones is 1. The number of piperidine rings is 1. The maximum atomic E-state index is 13.2. The van der Waals surface area contributed by atoms with Gasteiger partial charge < -0.3 is 10.6 Å². The normalized spacial score (nSPS) is 22.6. The molecule has 2 unspecified atom stereocenters. The maximum Gasteiger partial charge on any atom is 0.193 e. The monoisotopic (exact) mass is 422 g/mol. The zero-order chi connectivity index (χ0) is 20.7. The van der Waals surface area contributed by atoms with E-state index < -0.39 is 0 Å². The van der Waals surface area contributed by atoms with Crippen LogP contribution in [-0.2, 0) is 0 Å². The number of halogens is 1. The summed E-state index contributed by atoms with van der Waals surface area (Å²) in [6, 6.07) is 12.4. The Morgan fingerprint density at radius 3 is 2.60 bits per heavy atom. The van der Waals surface area contributed by atoms with Crippen LogP contribution in [0.25, 0.3) is 10.1 Å². The van der Waals surface area contributed by atoms with Crippen LogP contribution in [0.4, 0.5) is 9.39 Å². The van der Waals surface area contributed by atoms with Crippen molar-refractivity contribution in [1.82, 2.24) is 4.90 Å². The van der Waals surface area contributed by atoms with Crippen LogP contribution in [0.3, 0.4) is 0 Å². The van der Waals surface area contributed by atoms with Crippen LogP contribution in [0.5, 0.6) is 0 Å². The largest absolute Gasteiger partial charge is 0.390 e. The number of nitrogen functional groups attached to an aromatic ring is 1. The van der Waals surface area contributed by atoms with E-state index in [9.17, 15) is 9.18 Å². The molecule has 156 valence electrons. The molecule has 2 N–H and O–H groups in total. The summed E-state index contributed by atoms with van der Waals surface area (Å²) in [5.41, 5.74) is 8.90. The standard InChI is InChI=1S/C25H27FN2OS/c26-19-8-4-17(5-9-19)24(29)18-7-11-22-21(15-18)23(25(27)30-22)16-6-10-20-3-1-2-13-28(20)14-12-16/h4-5,7-9,11,15-16,20H,1-3,6,10,12-14,27H2. The van der Waals surface area contributed by atoms with E-state index >= 15 is 0 Å². The third-order valence-corrected chi connectivity index (χ3v) is 7.91. The van der Waals surface area contributed by atoms with Crippen LogP contribution in [0.15, 0.2) is 42.5 Å². The maximum absolute atomic E-state index is 13.2. The van der Waals surface area contributed by atoms with Crippen LogP contribution in [0.1, 0.15) is 65.9 Å². The lowest BCUT2D eigenvalue weighted by Crippen LogP contribution is -2.38. The summed E-state index contributed by atoms with van der Waals surface area (Å²) in [7, 11) is 0. The molecule has 1 aromatic heterocycles. The first-order valence-electron chi connectivity index (χ1n) is 11.0. The van der Waals surface area contributed by atoms with Gasteiger partial charge in [0.05, 0.1) is 5.00 Å². The minimum Gasteiger partial charge on any atom is -0.390 e. The lowest BCUT2D eigenvalue weighted by molar-refractivity contribution is 0.103. The highest BCUT2D eigenvalue weighted by atomic mass is 32.1. The molecule has 30 heavy (non-hydrogen) atoms. The third kappa shape index (κ3) is 3.65. The molecule has 2 aliphatic rings. The summed E-state index contributed by atoms with van der Waals surface area (Å²) in [4.78, 5) is 15.6. The number of nitrogens with two attached hydrogens (primary N) is 1. The number of hydrogen-bond donors (Lipinski definition) is 1. The molecule has 2 aromatic carbocycles. The Morgan fingerprint density at radius 2 is 1.77 bits per heavy atom. The Morgan fingerprint density at radius 1 is 0.967 bits per heavy atom. The average Bonchev–Trinajstić information content (AvgIpc) is 2.95. The van der Waals surface area contributed by atoms with Gasteiger partial charge in [-0.3, -0.25) is 4.79 Å². The fraction of sp³-hybridized carbons (Fsp3) is 0.400. The molecule has 0 radical (unpaired) electrons. The predicted octanol–water partition coefficient (Wildman–Crippen LogP) is 5.98. The van der Waals surface area contributed by atoms with Crippen molar-refractivity contribution in [3.63, 3.8) is 0 Å². The van der Waals surface area contributed by atoms with Gasteiger partial charge in [0.15, 0.2) is 5.78 Å². The first-order valence-corrected chi connectivity index (χ1v) is 11.8. The number of fused-ring (bicyclic) bond motifs is 2. The number of nitrogens with zero attached hydrogens (tertiary/aromatic N) is 1. The summed E-state index contributed by atoms with van der Waals surface area (Å²) in [6.45, 7) is 2.37. The summed E-state index contributed by atoms with van der Waals surface area (Å²) < 4.78 is 14.4. The zero-order valence-electron chi connectivity index (χ0n) is 17.1. The fourth-order valence-electron chi connectivity index (χ4n) is 5.30. The van der Waals surface area contributed by atoms with Gasteiger partial charge in [0.25, 0.3) is 0 Å². The van der Waals surface area contributed by atoms with Crippen molar-refractivity contribution in [3.05, 3.63) is 65.0 Å². The van der Waals surface area contributed by atoms with Gasteiger partial charge in [0.2, 0.25) is 0 Å². The third-order valence-electron chi connectivity index (χ3n) is 6.89. The van der Waals surface area contributed by atoms with Gasteiger partial charge in [-0.2, -0.15) is 0 Å². The summed E-state index contributed by atoms with van der Waals surface area (Å²) >= 11 is 1.63. The number of benzene rings is 2. The van der Waals surface area contributed by atoms with E-state index in [1.165, 1.54) is 49.9 Å². The Kier molecular flexibility index (Phi) is 5.34.